The summed E-state index contributed by atoms with van der Waals surface area (Å²) in [6.07, 6.45) is 0. The zero-order valence-electron chi connectivity index (χ0n) is 13.5. The number of hydrogen-bond donors (Lipinski definition) is 1. The number of hydrogen-bond acceptors (Lipinski definition) is 5. The van der Waals surface area contributed by atoms with E-state index in [1.165, 1.54) is 0 Å². The Balaban J connectivity index is 1.96. The highest BCUT2D eigenvalue weighted by molar-refractivity contribution is 5.91. The quantitative estimate of drug-likeness (QED) is 0.776. The lowest BCUT2D eigenvalue weighted by molar-refractivity contribution is 0.352. The normalized spacial score (nSPS) is 10.2. The first kappa shape index (κ1) is 15.6. The van der Waals surface area contributed by atoms with Crippen molar-refractivity contribution in [3.63, 3.8) is 0 Å². The molecule has 2 aromatic carbocycles. The third kappa shape index (κ3) is 2.95. The predicted molar refractivity (Wildman–Crippen MR) is 93.3 cm³/mol. The summed E-state index contributed by atoms with van der Waals surface area (Å²) in [6, 6.07) is 17.4. The average Bonchev–Trinajstić information content (AvgIpc) is 2.65. The summed E-state index contributed by atoms with van der Waals surface area (Å²) in [5.41, 5.74) is 3.00. The van der Waals surface area contributed by atoms with Crippen LogP contribution < -0.4 is 14.8 Å². The number of ether oxygens (including phenoxy) is 2. The first-order valence-corrected chi connectivity index (χ1v) is 7.50. The van der Waals surface area contributed by atoms with Crippen LogP contribution in [-0.2, 0) is 6.54 Å². The van der Waals surface area contributed by atoms with Gasteiger partial charge in [-0.1, -0.05) is 30.3 Å². The highest BCUT2D eigenvalue weighted by Crippen LogP contribution is 2.32. The largest absolute Gasteiger partial charge is 0.493 e. The van der Waals surface area contributed by atoms with Crippen molar-refractivity contribution in [1.29, 1.82) is 5.26 Å². The van der Waals surface area contributed by atoms with E-state index in [0.717, 1.165) is 22.2 Å². The van der Waals surface area contributed by atoms with E-state index in [1.807, 2.05) is 42.5 Å². The van der Waals surface area contributed by atoms with Crippen molar-refractivity contribution in [2.24, 2.45) is 0 Å². The van der Waals surface area contributed by atoms with Gasteiger partial charge in [-0.15, -0.1) is 0 Å². The standard InChI is InChI=1S/C19H17N3O2/c1-23-18-9-5-6-13(19(18)24-2)12-21-17-10-14(11-20)22-16-8-4-3-7-15(16)17/h3-10H,12H2,1-2H3,(H,21,22). The number of nitrogens with zero attached hydrogens (tertiary/aromatic N) is 2. The number of para-hydroxylation sites is 2. The van der Waals surface area contributed by atoms with E-state index >= 15 is 0 Å². The number of benzene rings is 2. The van der Waals surface area contributed by atoms with Gasteiger partial charge in [-0.3, -0.25) is 0 Å². The van der Waals surface area contributed by atoms with Gasteiger partial charge in [-0.2, -0.15) is 5.26 Å². The Bertz CT molecular complexity index is 916. The molecule has 0 fully saturated rings. The molecule has 5 nitrogen and oxygen atoms in total. The molecule has 0 unspecified atom stereocenters. The zero-order valence-corrected chi connectivity index (χ0v) is 13.5. The zero-order chi connectivity index (χ0) is 16.9. The Morgan fingerprint density at radius 1 is 1.08 bits per heavy atom. The van der Waals surface area contributed by atoms with Crippen molar-refractivity contribution in [2.75, 3.05) is 19.5 Å². The van der Waals surface area contributed by atoms with Crippen LogP contribution in [0.4, 0.5) is 5.69 Å². The van der Waals surface area contributed by atoms with Crippen LogP contribution in [0.2, 0.25) is 0 Å². The molecular weight excluding hydrogens is 302 g/mol. The minimum atomic E-state index is 0.383. The molecular formula is C19H17N3O2. The van der Waals surface area contributed by atoms with Crippen LogP contribution in [0.5, 0.6) is 11.5 Å². The van der Waals surface area contributed by atoms with E-state index < -0.39 is 0 Å². The third-order valence-corrected chi connectivity index (χ3v) is 3.78. The summed E-state index contributed by atoms with van der Waals surface area (Å²) < 4.78 is 10.8. The molecule has 3 rings (SSSR count). The Kier molecular flexibility index (Phi) is 4.48. The Morgan fingerprint density at radius 2 is 1.92 bits per heavy atom. The summed E-state index contributed by atoms with van der Waals surface area (Å²) >= 11 is 0. The fourth-order valence-electron chi connectivity index (χ4n) is 2.66. The minimum absolute atomic E-state index is 0.383. The number of pyridine rings is 1. The molecule has 0 radical (unpaired) electrons. The number of aromatic nitrogens is 1. The van der Waals surface area contributed by atoms with Gasteiger partial charge in [0.1, 0.15) is 11.8 Å². The summed E-state index contributed by atoms with van der Waals surface area (Å²) in [4.78, 5) is 4.32. The second kappa shape index (κ2) is 6.88. The molecule has 0 aliphatic rings. The van der Waals surface area contributed by atoms with Crippen LogP contribution >= 0.6 is 0 Å². The van der Waals surface area contributed by atoms with E-state index in [2.05, 4.69) is 16.4 Å². The highest BCUT2D eigenvalue weighted by atomic mass is 16.5. The van der Waals surface area contributed by atoms with Crippen molar-refractivity contribution in [1.82, 2.24) is 4.98 Å². The monoisotopic (exact) mass is 319 g/mol. The molecule has 0 saturated carbocycles. The second-order valence-corrected chi connectivity index (χ2v) is 5.19. The molecule has 0 saturated heterocycles. The Morgan fingerprint density at radius 3 is 2.67 bits per heavy atom. The van der Waals surface area contributed by atoms with Crippen LogP contribution in [0.25, 0.3) is 10.9 Å². The van der Waals surface area contributed by atoms with E-state index in [1.54, 1.807) is 20.3 Å². The third-order valence-electron chi connectivity index (χ3n) is 3.78. The van der Waals surface area contributed by atoms with Crippen LogP contribution in [0, 0.1) is 11.3 Å². The molecule has 0 amide bonds. The fourth-order valence-corrected chi connectivity index (χ4v) is 2.66. The lowest BCUT2D eigenvalue weighted by atomic mass is 10.1. The number of methoxy groups -OCH3 is 2. The number of fused-ring (bicyclic) bond motifs is 1. The molecule has 1 aromatic heterocycles. The van der Waals surface area contributed by atoms with Gasteiger partial charge >= 0.3 is 0 Å². The summed E-state index contributed by atoms with van der Waals surface area (Å²) in [7, 11) is 3.24. The molecule has 0 aliphatic heterocycles. The van der Waals surface area contributed by atoms with Gasteiger partial charge in [0.25, 0.3) is 0 Å². The van der Waals surface area contributed by atoms with Gasteiger partial charge in [0.15, 0.2) is 11.5 Å². The van der Waals surface area contributed by atoms with Gasteiger partial charge in [0.2, 0.25) is 0 Å². The highest BCUT2D eigenvalue weighted by Gasteiger charge is 2.10. The molecule has 0 atom stereocenters. The second-order valence-electron chi connectivity index (χ2n) is 5.19. The smallest absolute Gasteiger partial charge is 0.165 e. The van der Waals surface area contributed by atoms with Gasteiger partial charge < -0.3 is 14.8 Å². The molecule has 0 bridgehead atoms. The molecule has 3 aromatic rings. The number of rotatable bonds is 5. The topological polar surface area (TPSA) is 67.2 Å². The van der Waals surface area contributed by atoms with Crippen LogP contribution in [0.3, 0.4) is 0 Å². The van der Waals surface area contributed by atoms with Crippen LogP contribution in [-0.4, -0.2) is 19.2 Å². The summed E-state index contributed by atoms with van der Waals surface area (Å²) in [6.45, 7) is 0.541. The van der Waals surface area contributed by atoms with E-state index in [0.29, 0.717) is 23.7 Å². The van der Waals surface area contributed by atoms with Gasteiger partial charge in [-0.25, -0.2) is 4.98 Å². The number of nitrogens with one attached hydrogen (secondary N) is 1. The van der Waals surface area contributed by atoms with Crippen molar-refractivity contribution in [2.45, 2.75) is 6.54 Å². The van der Waals surface area contributed by atoms with Gasteiger partial charge in [0, 0.05) is 23.2 Å². The summed E-state index contributed by atoms with van der Waals surface area (Å²) in [5, 5.41) is 13.5. The van der Waals surface area contributed by atoms with Crippen molar-refractivity contribution < 1.29 is 9.47 Å². The molecule has 1 heterocycles. The van der Waals surface area contributed by atoms with Crippen LogP contribution in [0.15, 0.2) is 48.5 Å². The first-order chi connectivity index (χ1) is 11.8. The lowest BCUT2D eigenvalue weighted by Gasteiger charge is -2.14. The van der Waals surface area contributed by atoms with Crippen molar-refractivity contribution in [3.05, 3.63) is 59.8 Å². The molecule has 1 N–H and O–H groups in total. The van der Waals surface area contributed by atoms with Crippen molar-refractivity contribution in [3.8, 4) is 17.6 Å². The SMILES string of the molecule is COc1cccc(CNc2cc(C#N)nc3ccccc23)c1OC. The van der Waals surface area contributed by atoms with Gasteiger partial charge in [0.05, 0.1) is 19.7 Å². The van der Waals surface area contributed by atoms with Crippen LogP contribution in [0.1, 0.15) is 11.3 Å². The van der Waals surface area contributed by atoms with Crippen molar-refractivity contribution >= 4 is 16.6 Å². The van der Waals surface area contributed by atoms with Gasteiger partial charge in [-0.05, 0) is 18.2 Å². The number of anilines is 1. The summed E-state index contributed by atoms with van der Waals surface area (Å²) in [5.74, 6) is 1.39. The fraction of sp³-hybridized carbons (Fsp3) is 0.158. The molecule has 0 spiro atoms. The maximum atomic E-state index is 9.18. The van der Waals surface area contributed by atoms with E-state index in [9.17, 15) is 5.26 Å². The van der Waals surface area contributed by atoms with E-state index in [-0.39, 0.29) is 0 Å². The molecule has 24 heavy (non-hydrogen) atoms. The maximum absolute atomic E-state index is 9.18. The first-order valence-electron chi connectivity index (χ1n) is 7.50. The lowest BCUT2D eigenvalue weighted by Crippen LogP contribution is -2.04. The number of nitriles is 1. The predicted octanol–water partition coefficient (Wildman–Crippen LogP) is 3.74. The Hall–Kier alpha value is -3.26. The Labute approximate surface area is 140 Å². The average molecular weight is 319 g/mol. The molecule has 0 aliphatic carbocycles. The minimum Gasteiger partial charge on any atom is -0.493 e. The molecule has 5 heteroatoms. The molecule has 120 valence electrons. The van der Waals surface area contributed by atoms with E-state index in [4.69, 9.17) is 9.47 Å². The maximum Gasteiger partial charge on any atom is 0.165 e.